The number of hydrogen-bond acceptors (Lipinski definition) is 4. The summed E-state index contributed by atoms with van der Waals surface area (Å²) < 4.78 is 37.5. The molecular weight excluding hydrogens is 257 g/mol. The molecule has 1 aromatic heterocycles. The zero-order valence-electron chi connectivity index (χ0n) is 10.5. The molecule has 19 heavy (non-hydrogen) atoms. The summed E-state index contributed by atoms with van der Waals surface area (Å²) in [6, 6.07) is 0.865. The van der Waals surface area contributed by atoms with Gasteiger partial charge in [-0.25, -0.2) is 9.97 Å². The van der Waals surface area contributed by atoms with Crippen molar-refractivity contribution in [2.75, 3.05) is 18.4 Å². The van der Waals surface area contributed by atoms with Crippen LogP contribution in [-0.4, -0.2) is 23.1 Å². The fraction of sp³-hybridized carbons (Fsp3) is 0.667. The quantitative estimate of drug-likeness (QED) is 0.884. The molecule has 0 aliphatic heterocycles. The monoisotopic (exact) mass is 274 g/mol. The molecule has 1 heterocycles. The summed E-state index contributed by atoms with van der Waals surface area (Å²) in [6.45, 7) is 1.19. The van der Waals surface area contributed by atoms with Gasteiger partial charge in [0.2, 0.25) is 5.95 Å². The molecule has 7 heteroatoms. The van der Waals surface area contributed by atoms with Crippen LogP contribution in [-0.2, 0) is 6.18 Å². The molecule has 4 nitrogen and oxygen atoms in total. The molecule has 3 N–H and O–H groups in total. The highest BCUT2D eigenvalue weighted by Gasteiger charge is 2.33. The van der Waals surface area contributed by atoms with Crippen molar-refractivity contribution >= 4 is 5.95 Å². The van der Waals surface area contributed by atoms with Crippen LogP contribution in [0.5, 0.6) is 0 Å². The second-order valence-corrected chi connectivity index (χ2v) is 4.83. The molecule has 0 spiro atoms. The fourth-order valence-electron chi connectivity index (χ4n) is 2.52. The molecule has 1 saturated carbocycles. The molecule has 0 radical (unpaired) electrons. The maximum atomic E-state index is 12.5. The van der Waals surface area contributed by atoms with Gasteiger partial charge in [-0.2, -0.15) is 13.2 Å². The normalized spacial score (nSPS) is 23.6. The predicted octanol–water partition coefficient (Wildman–Crippen LogP) is 2.28. The average molecular weight is 274 g/mol. The van der Waals surface area contributed by atoms with Gasteiger partial charge in [-0.1, -0.05) is 6.42 Å². The minimum atomic E-state index is -4.44. The first-order valence-corrected chi connectivity index (χ1v) is 6.35. The molecule has 2 rings (SSSR count). The van der Waals surface area contributed by atoms with E-state index in [1.807, 2.05) is 0 Å². The molecule has 0 aromatic carbocycles. The maximum absolute atomic E-state index is 12.5. The molecule has 1 fully saturated rings. The van der Waals surface area contributed by atoms with E-state index < -0.39 is 11.9 Å². The van der Waals surface area contributed by atoms with Crippen LogP contribution in [0.3, 0.4) is 0 Å². The van der Waals surface area contributed by atoms with Gasteiger partial charge in [-0.15, -0.1) is 0 Å². The molecule has 0 saturated heterocycles. The fourth-order valence-corrected chi connectivity index (χ4v) is 2.52. The van der Waals surface area contributed by atoms with E-state index in [4.69, 9.17) is 5.73 Å². The van der Waals surface area contributed by atoms with Gasteiger partial charge in [-0.3, -0.25) is 0 Å². The van der Waals surface area contributed by atoms with Gasteiger partial charge in [-0.05, 0) is 37.3 Å². The molecule has 1 aromatic rings. The molecule has 106 valence electrons. The average Bonchev–Trinajstić information content (AvgIpc) is 2.83. The highest BCUT2D eigenvalue weighted by molar-refractivity contribution is 5.26. The number of halogens is 3. The lowest BCUT2D eigenvalue weighted by Crippen LogP contribution is -2.25. The molecule has 1 aliphatic carbocycles. The van der Waals surface area contributed by atoms with Gasteiger partial charge in [0, 0.05) is 12.7 Å². The minimum Gasteiger partial charge on any atom is -0.354 e. The summed E-state index contributed by atoms with van der Waals surface area (Å²) in [5.41, 5.74) is 4.74. The second-order valence-electron chi connectivity index (χ2n) is 4.83. The standard InChI is InChI=1S/C12H17F3N4/c13-12(14,15)10-4-5-17-11(19-10)18-7-9-3-1-2-8(9)6-16/h4-5,8-9H,1-3,6-7,16H2,(H,17,18,19). The van der Waals surface area contributed by atoms with Crippen molar-refractivity contribution in [2.24, 2.45) is 17.6 Å². The Balaban J connectivity index is 1.96. The lowest BCUT2D eigenvalue weighted by molar-refractivity contribution is -0.141. The molecule has 0 amide bonds. The van der Waals surface area contributed by atoms with Gasteiger partial charge in [0.05, 0.1) is 0 Å². The lowest BCUT2D eigenvalue weighted by atomic mass is 9.96. The summed E-state index contributed by atoms with van der Waals surface area (Å²) in [4.78, 5) is 7.29. The number of nitrogens with two attached hydrogens (primary N) is 1. The van der Waals surface area contributed by atoms with Crippen LogP contribution >= 0.6 is 0 Å². The third-order valence-corrected chi connectivity index (χ3v) is 3.59. The third-order valence-electron chi connectivity index (χ3n) is 3.59. The largest absolute Gasteiger partial charge is 0.433 e. The number of hydrogen-bond donors (Lipinski definition) is 2. The Hall–Kier alpha value is -1.37. The Morgan fingerprint density at radius 1 is 1.32 bits per heavy atom. The molecule has 2 unspecified atom stereocenters. The van der Waals surface area contributed by atoms with Crippen molar-refractivity contribution in [1.82, 2.24) is 9.97 Å². The molecule has 0 bridgehead atoms. The van der Waals surface area contributed by atoms with E-state index in [-0.39, 0.29) is 5.95 Å². The number of anilines is 1. The van der Waals surface area contributed by atoms with Crippen LogP contribution in [0, 0.1) is 11.8 Å². The molecule has 2 atom stereocenters. The Morgan fingerprint density at radius 3 is 2.74 bits per heavy atom. The summed E-state index contributed by atoms with van der Waals surface area (Å²) in [7, 11) is 0. The maximum Gasteiger partial charge on any atom is 0.433 e. The van der Waals surface area contributed by atoms with E-state index in [9.17, 15) is 13.2 Å². The first-order chi connectivity index (χ1) is 9.00. The van der Waals surface area contributed by atoms with E-state index in [2.05, 4.69) is 15.3 Å². The summed E-state index contributed by atoms with van der Waals surface area (Å²) in [5, 5.41) is 2.89. The van der Waals surface area contributed by atoms with Gasteiger partial charge in [0.1, 0.15) is 5.69 Å². The van der Waals surface area contributed by atoms with E-state index in [0.717, 1.165) is 31.5 Å². The van der Waals surface area contributed by atoms with Crippen molar-refractivity contribution in [3.05, 3.63) is 18.0 Å². The van der Waals surface area contributed by atoms with Gasteiger partial charge < -0.3 is 11.1 Å². The minimum absolute atomic E-state index is 0.0255. The summed E-state index contributed by atoms with van der Waals surface area (Å²) >= 11 is 0. The van der Waals surface area contributed by atoms with Crippen LogP contribution < -0.4 is 11.1 Å². The summed E-state index contributed by atoms with van der Waals surface area (Å²) in [5.74, 6) is 0.860. The van der Waals surface area contributed by atoms with Crippen molar-refractivity contribution in [1.29, 1.82) is 0 Å². The van der Waals surface area contributed by atoms with Crippen molar-refractivity contribution in [3.63, 3.8) is 0 Å². The highest BCUT2D eigenvalue weighted by atomic mass is 19.4. The number of aromatic nitrogens is 2. The van der Waals surface area contributed by atoms with Crippen molar-refractivity contribution < 1.29 is 13.2 Å². The zero-order valence-corrected chi connectivity index (χ0v) is 10.5. The third kappa shape index (κ3) is 3.56. The predicted molar refractivity (Wildman–Crippen MR) is 65.4 cm³/mol. The van der Waals surface area contributed by atoms with Crippen LogP contribution in [0.15, 0.2) is 12.3 Å². The van der Waals surface area contributed by atoms with Gasteiger partial charge in [0.15, 0.2) is 0 Å². The smallest absolute Gasteiger partial charge is 0.354 e. The number of nitrogens with zero attached hydrogens (tertiary/aromatic N) is 2. The Kier molecular flexibility index (Phi) is 4.24. The highest BCUT2D eigenvalue weighted by Crippen LogP contribution is 2.31. The van der Waals surface area contributed by atoms with Crippen molar-refractivity contribution in [2.45, 2.75) is 25.4 Å². The number of nitrogens with one attached hydrogen (secondary N) is 1. The van der Waals surface area contributed by atoms with E-state index in [1.54, 1.807) is 0 Å². The van der Waals surface area contributed by atoms with E-state index in [1.165, 1.54) is 0 Å². The molecular formula is C12H17F3N4. The first kappa shape index (κ1) is 14.0. The zero-order chi connectivity index (χ0) is 13.9. The Bertz CT molecular complexity index is 422. The van der Waals surface area contributed by atoms with Crippen LogP contribution in [0.1, 0.15) is 25.0 Å². The SMILES string of the molecule is NCC1CCCC1CNc1nccc(C(F)(F)F)n1. The topological polar surface area (TPSA) is 63.8 Å². The Morgan fingerprint density at radius 2 is 2.05 bits per heavy atom. The number of rotatable bonds is 4. The van der Waals surface area contributed by atoms with Crippen LogP contribution in [0.2, 0.25) is 0 Å². The van der Waals surface area contributed by atoms with E-state index in [0.29, 0.717) is 24.9 Å². The number of alkyl halides is 3. The van der Waals surface area contributed by atoms with Gasteiger partial charge in [0.25, 0.3) is 0 Å². The van der Waals surface area contributed by atoms with Crippen LogP contribution in [0.25, 0.3) is 0 Å². The van der Waals surface area contributed by atoms with E-state index >= 15 is 0 Å². The summed E-state index contributed by atoms with van der Waals surface area (Å²) in [6.07, 6.45) is -0.0580. The lowest BCUT2D eigenvalue weighted by Gasteiger charge is -2.18. The Labute approximate surface area is 109 Å². The van der Waals surface area contributed by atoms with Crippen LogP contribution in [0.4, 0.5) is 19.1 Å². The van der Waals surface area contributed by atoms with Crippen molar-refractivity contribution in [3.8, 4) is 0 Å². The molecule has 1 aliphatic rings. The van der Waals surface area contributed by atoms with Gasteiger partial charge >= 0.3 is 6.18 Å². The second kappa shape index (κ2) is 5.73. The first-order valence-electron chi connectivity index (χ1n) is 6.35.